The molecule has 5 nitrogen and oxygen atoms in total. The van der Waals surface area contributed by atoms with Crippen molar-refractivity contribution >= 4 is 12.1 Å². The van der Waals surface area contributed by atoms with Crippen LogP contribution in [-0.4, -0.2) is 40.8 Å². The molecule has 1 amide bonds. The summed E-state index contributed by atoms with van der Waals surface area (Å²) in [5.41, 5.74) is -0.577. The summed E-state index contributed by atoms with van der Waals surface area (Å²) in [6, 6.07) is 0. The molecular formula is C12H21NO4. The van der Waals surface area contributed by atoms with E-state index < -0.39 is 17.7 Å². The summed E-state index contributed by atoms with van der Waals surface area (Å²) in [6.07, 6.45) is 1.72. The van der Waals surface area contributed by atoms with Crippen molar-refractivity contribution in [2.45, 2.75) is 39.2 Å². The van der Waals surface area contributed by atoms with Crippen LogP contribution in [0.4, 0.5) is 4.79 Å². The van der Waals surface area contributed by atoms with Crippen LogP contribution in [0, 0.1) is 0 Å². The Balaban J connectivity index is 4.38. The van der Waals surface area contributed by atoms with Crippen LogP contribution in [0.3, 0.4) is 0 Å². The predicted octanol–water partition coefficient (Wildman–Crippen LogP) is 2.27. The quantitative estimate of drug-likeness (QED) is 0.727. The first-order chi connectivity index (χ1) is 7.76. The van der Waals surface area contributed by atoms with Crippen molar-refractivity contribution in [2.75, 3.05) is 13.1 Å². The number of nitrogens with zero attached hydrogens (tertiary/aromatic N) is 1. The van der Waals surface area contributed by atoms with Gasteiger partial charge in [-0.2, -0.15) is 0 Å². The zero-order chi connectivity index (χ0) is 13.5. The molecule has 0 aromatic rings. The number of aliphatic carboxylic acids is 1. The molecule has 5 heteroatoms. The maximum atomic E-state index is 11.8. The lowest BCUT2D eigenvalue weighted by Gasteiger charge is -2.26. The van der Waals surface area contributed by atoms with Gasteiger partial charge in [-0.25, -0.2) is 4.79 Å². The molecule has 0 atom stereocenters. The zero-order valence-corrected chi connectivity index (χ0v) is 10.7. The van der Waals surface area contributed by atoms with Gasteiger partial charge >= 0.3 is 12.1 Å². The van der Waals surface area contributed by atoms with Gasteiger partial charge in [-0.05, 0) is 27.2 Å². The highest BCUT2D eigenvalue weighted by molar-refractivity contribution is 5.70. The Morgan fingerprint density at radius 1 is 1.35 bits per heavy atom. The van der Waals surface area contributed by atoms with Crippen LogP contribution in [0.5, 0.6) is 0 Å². The monoisotopic (exact) mass is 243 g/mol. The van der Waals surface area contributed by atoms with Crippen LogP contribution >= 0.6 is 0 Å². The van der Waals surface area contributed by atoms with Crippen LogP contribution in [0.2, 0.25) is 0 Å². The number of amides is 1. The number of ether oxygens (including phenoxy) is 1. The number of carbonyl (C=O) groups excluding carboxylic acids is 1. The van der Waals surface area contributed by atoms with Crippen molar-refractivity contribution in [3.05, 3.63) is 12.7 Å². The number of hydrogen-bond acceptors (Lipinski definition) is 3. The molecule has 0 rings (SSSR count). The third-order valence-corrected chi connectivity index (χ3v) is 1.85. The van der Waals surface area contributed by atoms with Crippen molar-refractivity contribution in [3.63, 3.8) is 0 Å². The fraction of sp³-hybridized carbons (Fsp3) is 0.667. The van der Waals surface area contributed by atoms with E-state index in [0.29, 0.717) is 13.0 Å². The molecule has 0 saturated carbocycles. The standard InChI is InChI=1S/C12H21NO4/c1-5-6-8-13(9-7-10(14)15)11(16)17-12(2,3)4/h5H,1,6-9H2,2-4H3,(H,14,15). The van der Waals surface area contributed by atoms with Gasteiger partial charge in [-0.15, -0.1) is 6.58 Å². The highest BCUT2D eigenvalue weighted by Gasteiger charge is 2.21. The van der Waals surface area contributed by atoms with Crippen molar-refractivity contribution < 1.29 is 19.4 Å². The average molecular weight is 243 g/mol. The maximum Gasteiger partial charge on any atom is 0.410 e. The molecule has 1 N–H and O–H groups in total. The van der Waals surface area contributed by atoms with E-state index in [1.807, 2.05) is 0 Å². The van der Waals surface area contributed by atoms with Crippen molar-refractivity contribution in [3.8, 4) is 0 Å². The highest BCUT2D eigenvalue weighted by Crippen LogP contribution is 2.10. The Morgan fingerprint density at radius 2 is 1.94 bits per heavy atom. The molecule has 0 spiro atoms. The normalized spacial score (nSPS) is 10.8. The minimum atomic E-state index is -0.933. The third kappa shape index (κ3) is 8.30. The third-order valence-electron chi connectivity index (χ3n) is 1.85. The molecule has 17 heavy (non-hydrogen) atoms. The molecule has 0 saturated heterocycles. The summed E-state index contributed by atoms with van der Waals surface area (Å²) in [7, 11) is 0. The summed E-state index contributed by atoms with van der Waals surface area (Å²) in [5, 5.41) is 8.60. The SMILES string of the molecule is C=CCCN(CCC(=O)O)C(=O)OC(C)(C)C. The van der Waals surface area contributed by atoms with E-state index >= 15 is 0 Å². The van der Waals surface area contributed by atoms with Crippen molar-refractivity contribution in [1.29, 1.82) is 0 Å². The van der Waals surface area contributed by atoms with E-state index in [4.69, 9.17) is 9.84 Å². The molecule has 98 valence electrons. The van der Waals surface area contributed by atoms with Crippen LogP contribution in [0.15, 0.2) is 12.7 Å². The van der Waals surface area contributed by atoms with Crippen LogP contribution < -0.4 is 0 Å². The van der Waals surface area contributed by atoms with Gasteiger partial charge < -0.3 is 14.7 Å². The van der Waals surface area contributed by atoms with E-state index in [2.05, 4.69) is 6.58 Å². The first-order valence-electron chi connectivity index (χ1n) is 5.57. The Morgan fingerprint density at radius 3 is 2.35 bits per heavy atom. The largest absolute Gasteiger partial charge is 0.481 e. The Labute approximate surface area is 102 Å². The van der Waals surface area contributed by atoms with Gasteiger partial charge in [0.25, 0.3) is 0 Å². The van der Waals surface area contributed by atoms with Crippen LogP contribution in [-0.2, 0) is 9.53 Å². The Bertz CT molecular complexity index is 281. The molecule has 0 heterocycles. The first-order valence-corrected chi connectivity index (χ1v) is 5.57. The van der Waals surface area contributed by atoms with E-state index in [1.54, 1.807) is 26.8 Å². The number of carboxylic acids is 1. The van der Waals surface area contributed by atoms with E-state index in [9.17, 15) is 9.59 Å². The molecule has 0 radical (unpaired) electrons. The van der Waals surface area contributed by atoms with Crippen LogP contribution in [0.25, 0.3) is 0 Å². The van der Waals surface area contributed by atoms with Gasteiger partial charge in [-0.3, -0.25) is 4.79 Å². The first kappa shape index (κ1) is 15.5. The van der Waals surface area contributed by atoms with E-state index in [1.165, 1.54) is 4.90 Å². The lowest BCUT2D eigenvalue weighted by molar-refractivity contribution is -0.137. The summed E-state index contributed by atoms with van der Waals surface area (Å²) >= 11 is 0. The Hall–Kier alpha value is -1.52. The minimum absolute atomic E-state index is 0.0869. The molecule has 0 fully saturated rings. The predicted molar refractivity (Wildman–Crippen MR) is 64.9 cm³/mol. The number of rotatable bonds is 6. The van der Waals surface area contributed by atoms with Crippen molar-refractivity contribution in [1.82, 2.24) is 4.90 Å². The van der Waals surface area contributed by atoms with E-state index in [-0.39, 0.29) is 13.0 Å². The lowest BCUT2D eigenvalue weighted by atomic mass is 10.2. The molecule has 0 aliphatic carbocycles. The summed E-state index contributed by atoms with van der Waals surface area (Å²) in [4.78, 5) is 23.6. The molecule has 0 unspecified atom stereocenters. The second-order valence-corrected chi connectivity index (χ2v) is 4.69. The molecule has 0 bridgehead atoms. The van der Waals surface area contributed by atoms with Gasteiger partial charge in [0, 0.05) is 13.1 Å². The second-order valence-electron chi connectivity index (χ2n) is 4.69. The molecule has 0 aromatic heterocycles. The molecular weight excluding hydrogens is 222 g/mol. The van der Waals surface area contributed by atoms with Gasteiger partial charge in [0.2, 0.25) is 0 Å². The van der Waals surface area contributed by atoms with Gasteiger partial charge in [0.05, 0.1) is 6.42 Å². The average Bonchev–Trinajstić information content (AvgIpc) is 2.14. The summed E-state index contributed by atoms with van der Waals surface area (Å²) in [6.45, 7) is 9.45. The topological polar surface area (TPSA) is 66.8 Å². The smallest absolute Gasteiger partial charge is 0.410 e. The number of carbonyl (C=O) groups is 2. The number of hydrogen-bond donors (Lipinski definition) is 1. The fourth-order valence-corrected chi connectivity index (χ4v) is 1.10. The summed E-state index contributed by atoms with van der Waals surface area (Å²) in [5.74, 6) is -0.933. The van der Waals surface area contributed by atoms with Crippen LogP contribution in [0.1, 0.15) is 33.6 Å². The molecule has 0 aromatic carbocycles. The minimum Gasteiger partial charge on any atom is -0.481 e. The maximum absolute atomic E-state index is 11.8. The van der Waals surface area contributed by atoms with Gasteiger partial charge in [-0.1, -0.05) is 6.08 Å². The second kappa shape index (κ2) is 6.93. The van der Waals surface area contributed by atoms with Crippen molar-refractivity contribution in [2.24, 2.45) is 0 Å². The molecule has 0 aliphatic heterocycles. The highest BCUT2D eigenvalue weighted by atomic mass is 16.6. The molecule has 0 aliphatic rings. The lowest BCUT2D eigenvalue weighted by Crippen LogP contribution is -2.38. The zero-order valence-electron chi connectivity index (χ0n) is 10.7. The van der Waals surface area contributed by atoms with Gasteiger partial charge in [0.1, 0.15) is 5.60 Å². The van der Waals surface area contributed by atoms with E-state index in [0.717, 1.165) is 0 Å². The summed E-state index contributed by atoms with van der Waals surface area (Å²) < 4.78 is 5.19. The van der Waals surface area contributed by atoms with Gasteiger partial charge in [0.15, 0.2) is 0 Å². The Kier molecular flexibility index (Phi) is 6.31. The fourth-order valence-electron chi connectivity index (χ4n) is 1.10. The number of carboxylic acid groups (broad SMARTS) is 1.